The van der Waals surface area contributed by atoms with Crippen LogP contribution in [0.25, 0.3) is 0 Å². The van der Waals surface area contributed by atoms with E-state index in [2.05, 4.69) is 42.9 Å². The van der Waals surface area contributed by atoms with Crippen molar-refractivity contribution in [2.75, 3.05) is 0 Å². The highest BCUT2D eigenvalue weighted by Crippen LogP contribution is 2.14. The minimum atomic E-state index is 1.19. The lowest BCUT2D eigenvalue weighted by molar-refractivity contribution is -0.697. The Bertz CT molecular complexity index is 459. The van der Waals surface area contributed by atoms with E-state index >= 15 is 0 Å². The van der Waals surface area contributed by atoms with Crippen LogP contribution >= 0.6 is 0 Å². The Morgan fingerprint density at radius 1 is 0.412 bits per heavy atom. The minimum absolute atomic E-state index is 1.19. The fourth-order valence-electron chi connectivity index (χ4n) is 5.11. The molecule has 1 heteroatoms. The van der Waals surface area contributed by atoms with Gasteiger partial charge in [-0.1, -0.05) is 149 Å². The summed E-state index contributed by atoms with van der Waals surface area (Å²) in [6.45, 7) is 5.79. The van der Waals surface area contributed by atoms with E-state index in [4.69, 9.17) is 0 Å². The maximum absolute atomic E-state index is 2.39. The topological polar surface area (TPSA) is 3.88 Å². The lowest BCUT2D eigenvalue weighted by atomic mass is 10.0. The van der Waals surface area contributed by atoms with E-state index in [1.165, 1.54) is 173 Å². The number of nitrogens with zero attached hydrogens (tertiary/aromatic N) is 1. The van der Waals surface area contributed by atoms with Crippen LogP contribution in [-0.2, 0) is 13.0 Å². The van der Waals surface area contributed by atoms with Crippen molar-refractivity contribution < 1.29 is 4.57 Å². The van der Waals surface area contributed by atoms with Crippen LogP contribution in [0.4, 0.5) is 0 Å². The Morgan fingerprint density at radius 3 is 1.12 bits per heavy atom. The molecule has 198 valence electrons. The molecule has 1 rings (SSSR count). The fourth-order valence-corrected chi connectivity index (χ4v) is 5.11. The van der Waals surface area contributed by atoms with Crippen LogP contribution in [0.15, 0.2) is 24.5 Å². The molecule has 1 nitrogen and oxygen atoms in total. The van der Waals surface area contributed by atoms with E-state index < -0.39 is 0 Å². The highest BCUT2D eigenvalue weighted by Gasteiger charge is 2.02. The molecule has 1 aromatic rings. The summed E-state index contributed by atoms with van der Waals surface area (Å²) in [7, 11) is 0. The number of hydrogen-bond acceptors (Lipinski definition) is 0. The number of aryl methyl sites for hydroxylation is 2. The second-order valence-corrected chi connectivity index (χ2v) is 11.0. The van der Waals surface area contributed by atoms with E-state index in [0.717, 1.165) is 0 Å². The van der Waals surface area contributed by atoms with Crippen molar-refractivity contribution >= 4 is 0 Å². The summed E-state index contributed by atoms with van der Waals surface area (Å²) in [6, 6.07) is 4.72. The van der Waals surface area contributed by atoms with Gasteiger partial charge in [0.15, 0.2) is 12.4 Å². The smallest absolute Gasteiger partial charge is 0.169 e. The average molecular weight is 473 g/mol. The van der Waals surface area contributed by atoms with E-state index in [0.29, 0.717) is 0 Å². The molecule has 0 aliphatic carbocycles. The van der Waals surface area contributed by atoms with E-state index in [1.807, 2.05) is 0 Å². The maximum Gasteiger partial charge on any atom is 0.169 e. The number of pyridine rings is 1. The molecule has 0 radical (unpaired) electrons. The molecule has 0 spiro atoms. The fraction of sp³-hybridized carbons (Fsp3) is 0.848. The third kappa shape index (κ3) is 20.5. The van der Waals surface area contributed by atoms with Crippen LogP contribution < -0.4 is 4.57 Å². The van der Waals surface area contributed by atoms with Gasteiger partial charge in [-0.2, -0.15) is 0 Å². The standard InChI is InChI=1S/C33H62N/c1-3-5-7-9-11-13-15-17-19-21-23-25-27-33-28-31-34(32-29-33)30-26-24-22-20-18-16-14-12-10-8-6-4-2/h28-29,31-32H,3-27,30H2,1-2H3/q+1. The van der Waals surface area contributed by atoms with Crippen LogP contribution in [0, 0.1) is 0 Å². The molecule has 0 aromatic carbocycles. The zero-order valence-electron chi connectivity index (χ0n) is 23.6. The third-order valence-electron chi connectivity index (χ3n) is 7.55. The predicted octanol–water partition coefficient (Wildman–Crippen LogP) is 10.9. The third-order valence-corrected chi connectivity index (χ3v) is 7.55. The first-order valence-electron chi connectivity index (χ1n) is 15.8. The molecule has 0 unspecified atom stereocenters. The molecule has 0 atom stereocenters. The molecule has 0 N–H and O–H groups in total. The Balaban J connectivity index is 1.87. The lowest BCUT2D eigenvalue weighted by Gasteiger charge is -2.04. The first-order chi connectivity index (χ1) is 16.9. The van der Waals surface area contributed by atoms with E-state index in [9.17, 15) is 0 Å². The largest absolute Gasteiger partial charge is 0.205 e. The van der Waals surface area contributed by atoms with Gasteiger partial charge in [0, 0.05) is 18.6 Å². The molecule has 1 aromatic heterocycles. The Hall–Kier alpha value is -0.850. The lowest BCUT2D eigenvalue weighted by Crippen LogP contribution is -2.32. The molecule has 0 aliphatic heterocycles. The number of rotatable bonds is 26. The first kappa shape index (κ1) is 31.2. The molecule has 0 fully saturated rings. The summed E-state index contributed by atoms with van der Waals surface area (Å²) in [4.78, 5) is 0. The number of hydrogen-bond donors (Lipinski definition) is 0. The molecule has 34 heavy (non-hydrogen) atoms. The summed E-state index contributed by atoms with van der Waals surface area (Å²) in [6.07, 6.45) is 40.2. The Morgan fingerprint density at radius 2 is 0.735 bits per heavy atom. The molecule has 0 saturated heterocycles. The van der Waals surface area contributed by atoms with Crippen molar-refractivity contribution in [1.82, 2.24) is 0 Å². The van der Waals surface area contributed by atoms with Crippen LogP contribution in [0.2, 0.25) is 0 Å². The summed E-state index contributed by atoms with van der Waals surface area (Å²) in [5.41, 5.74) is 1.53. The van der Waals surface area contributed by atoms with Gasteiger partial charge < -0.3 is 0 Å². The van der Waals surface area contributed by atoms with Gasteiger partial charge in [-0.05, 0) is 24.8 Å². The van der Waals surface area contributed by atoms with Crippen molar-refractivity contribution in [1.29, 1.82) is 0 Å². The van der Waals surface area contributed by atoms with Crippen LogP contribution in [0.5, 0.6) is 0 Å². The average Bonchev–Trinajstić information content (AvgIpc) is 2.86. The van der Waals surface area contributed by atoms with Gasteiger partial charge in [-0.25, -0.2) is 4.57 Å². The monoisotopic (exact) mass is 472 g/mol. The quantitative estimate of drug-likeness (QED) is 0.0932. The Kier molecular flexibility index (Phi) is 23.2. The summed E-state index contributed by atoms with van der Waals surface area (Å²) in [5.74, 6) is 0. The molecular formula is C33H62N+. The van der Waals surface area contributed by atoms with Crippen molar-refractivity contribution in [2.24, 2.45) is 0 Å². The normalized spacial score (nSPS) is 11.4. The first-order valence-corrected chi connectivity index (χ1v) is 15.8. The van der Waals surface area contributed by atoms with Gasteiger partial charge in [-0.15, -0.1) is 0 Å². The van der Waals surface area contributed by atoms with Crippen molar-refractivity contribution in [3.63, 3.8) is 0 Å². The van der Waals surface area contributed by atoms with E-state index in [1.54, 1.807) is 0 Å². The summed E-state index contributed by atoms with van der Waals surface area (Å²) < 4.78 is 2.39. The van der Waals surface area contributed by atoms with Crippen molar-refractivity contribution in [3.8, 4) is 0 Å². The minimum Gasteiger partial charge on any atom is -0.205 e. The van der Waals surface area contributed by atoms with Crippen LogP contribution in [-0.4, -0.2) is 0 Å². The van der Waals surface area contributed by atoms with Crippen molar-refractivity contribution in [3.05, 3.63) is 30.1 Å². The maximum atomic E-state index is 2.39. The van der Waals surface area contributed by atoms with Gasteiger partial charge in [0.1, 0.15) is 6.54 Å². The second-order valence-electron chi connectivity index (χ2n) is 11.0. The van der Waals surface area contributed by atoms with Crippen LogP contribution in [0.3, 0.4) is 0 Å². The summed E-state index contributed by atoms with van der Waals surface area (Å²) >= 11 is 0. The van der Waals surface area contributed by atoms with Gasteiger partial charge in [0.25, 0.3) is 0 Å². The highest BCUT2D eigenvalue weighted by molar-refractivity contribution is 5.07. The molecular weight excluding hydrogens is 410 g/mol. The molecule has 0 bridgehead atoms. The van der Waals surface area contributed by atoms with E-state index in [-0.39, 0.29) is 0 Å². The zero-order valence-corrected chi connectivity index (χ0v) is 23.6. The Labute approximate surface area is 215 Å². The van der Waals surface area contributed by atoms with Crippen LogP contribution in [0.1, 0.15) is 174 Å². The zero-order chi connectivity index (χ0) is 24.4. The predicted molar refractivity (Wildman–Crippen MR) is 152 cm³/mol. The SMILES string of the molecule is CCCCCCCCCCCCCCc1cc[n+](CCCCCCCCCCCCCC)cc1. The second kappa shape index (κ2) is 25.2. The van der Waals surface area contributed by atoms with Crippen molar-refractivity contribution in [2.45, 2.75) is 181 Å². The highest BCUT2D eigenvalue weighted by atomic mass is 14.9. The number of unbranched alkanes of at least 4 members (excludes halogenated alkanes) is 22. The number of aromatic nitrogens is 1. The molecule has 0 amide bonds. The van der Waals surface area contributed by atoms with Gasteiger partial charge in [0.05, 0.1) is 0 Å². The molecule has 0 saturated carbocycles. The molecule has 1 heterocycles. The van der Waals surface area contributed by atoms with Gasteiger partial charge >= 0.3 is 0 Å². The van der Waals surface area contributed by atoms with Gasteiger partial charge in [-0.3, -0.25) is 0 Å². The summed E-state index contributed by atoms with van der Waals surface area (Å²) in [5, 5.41) is 0. The molecule has 0 aliphatic rings. The van der Waals surface area contributed by atoms with Gasteiger partial charge in [0.2, 0.25) is 0 Å².